The molecule has 0 atom stereocenters. The first-order chi connectivity index (χ1) is 5.36. The van der Waals surface area contributed by atoms with Gasteiger partial charge in [-0.1, -0.05) is 0 Å². The highest BCUT2D eigenvalue weighted by Gasteiger charge is 2.46. The van der Waals surface area contributed by atoms with E-state index < -0.39 is 13.3 Å². The van der Waals surface area contributed by atoms with Crippen molar-refractivity contribution in [3.05, 3.63) is 0 Å². The lowest BCUT2D eigenvalue weighted by Gasteiger charge is -2.18. The van der Waals surface area contributed by atoms with Gasteiger partial charge in [0.05, 0.1) is 0 Å². The monoisotopic (exact) mass is 311 g/mol. The Balaban J connectivity index is 2.85. The Kier molecular flexibility index (Phi) is 2.94. The summed E-state index contributed by atoms with van der Waals surface area (Å²) in [5.41, 5.74) is 0. The molecule has 0 aliphatic carbocycles. The fourth-order valence-electron chi connectivity index (χ4n) is 1.07. The second-order valence-electron chi connectivity index (χ2n) is 2.56. The van der Waals surface area contributed by atoms with Crippen molar-refractivity contribution in [1.82, 2.24) is 4.31 Å². The molecule has 1 saturated heterocycles. The van der Waals surface area contributed by atoms with Crippen LogP contribution >= 0.6 is 22.6 Å². The molecule has 1 rings (SSSR count). The van der Waals surface area contributed by atoms with Crippen LogP contribution in [0.3, 0.4) is 0 Å². The molecular formula is C5H8F2INO2S. The predicted molar refractivity (Wildman–Crippen MR) is 48.7 cm³/mol. The maximum absolute atomic E-state index is 12.5. The van der Waals surface area contributed by atoms with Gasteiger partial charge in [-0.05, 0) is 12.8 Å². The molecule has 7 heteroatoms. The molecule has 0 unspecified atom stereocenters. The maximum atomic E-state index is 12.5. The van der Waals surface area contributed by atoms with E-state index in [1.165, 1.54) is 0 Å². The van der Waals surface area contributed by atoms with Gasteiger partial charge in [-0.15, -0.1) is 0 Å². The van der Waals surface area contributed by atoms with E-state index in [0.717, 1.165) is 4.31 Å². The van der Waals surface area contributed by atoms with Crippen molar-refractivity contribution in [3.8, 4) is 0 Å². The Morgan fingerprint density at radius 2 is 1.67 bits per heavy atom. The minimum atomic E-state index is -4.39. The molecule has 1 aliphatic rings. The van der Waals surface area contributed by atoms with Crippen LogP contribution in [-0.4, -0.2) is 29.1 Å². The molecule has 3 nitrogen and oxygen atoms in total. The average molecular weight is 311 g/mol. The van der Waals surface area contributed by atoms with E-state index in [9.17, 15) is 17.2 Å². The second-order valence-corrected chi connectivity index (χ2v) is 6.62. The van der Waals surface area contributed by atoms with E-state index in [1.807, 2.05) is 0 Å². The van der Waals surface area contributed by atoms with Crippen LogP contribution in [0.4, 0.5) is 8.78 Å². The summed E-state index contributed by atoms with van der Waals surface area (Å²) in [7, 11) is -4.39. The number of hydrogen-bond acceptors (Lipinski definition) is 2. The largest absolute Gasteiger partial charge is 0.407 e. The Morgan fingerprint density at radius 3 is 2.00 bits per heavy atom. The van der Waals surface area contributed by atoms with Crippen molar-refractivity contribution < 1.29 is 17.2 Å². The molecule has 0 bridgehead atoms. The molecule has 1 fully saturated rings. The fourth-order valence-corrected chi connectivity index (χ4v) is 2.94. The molecule has 1 aliphatic heterocycles. The lowest BCUT2D eigenvalue weighted by atomic mass is 10.4. The highest BCUT2D eigenvalue weighted by Crippen LogP contribution is 2.33. The molecule has 0 spiro atoms. The summed E-state index contributed by atoms with van der Waals surface area (Å²) in [4.78, 5) is 0. The number of alkyl halides is 3. The zero-order chi connectivity index (χ0) is 9.41. The van der Waals surface area contributed by atoms with Crippen LogP contribution in [0.5, 0.6) is 0 Å². The fraction of sp³-hybridized carbons (Fsp3) is 1.00. The van der Waals surface area contributed by atoms with E-state index in [-0.39, 0.29) is 13.1 Å². The third kappa shape index (κ3) is 1.87. The Labute approximate surface area is 83.3 Å². The molecule has 72 valence electrons. The normalized spacial score (nSPS) is 21.6. The van der Waals surface area contributed by atoms with Crippen LogP contribution in [0.1, 0.15) is 12.8 Å². The second kappa shape index (κ2) is 3.33. The van der Waals surface area contributed by atoms with Gasteiger partial charge >= 0.3 is 3.26 Å². The Bertz CT molecular complexity index is 255. The quantitative estimate of drug-likeness (QED) is 0.571. The maximum Gasteiger partial charge on any atom is 0.407 e. The van der Waals surface area contributed by atoms with Gasteiger partial charge in [-0.25, -0.2) is 8.42 Å². The van der Waals surface area contributed by atoms with Crippen LogP contribution in [0.25, 0.3) is 0 Å². The van der Waals surface area contributed by atoms with Gasteiger partial charge in [0.1, 0.15) is 0 Å². The van der Waals surface area contributed by atoms with Crippen molar-refractivity contribution in [2.75, 3.05) is 13.1 Å². The van der Waals surface area contributed by atoms with Gasteiger partial charge in [0.2, 0.25) is 0 Å². The lowest BCUT2D eigenvalue weighted by molar-refractivity contribution is 0.204. The van der Waals surface area contributed by atoms with Gasteiger partial charge in [0.15, 0.2) is 0 Å². The summed E-state index contributed by atoms with van der Waals surface area (Å²) >= 11 is 0.646. The third-order valence-electron chi connectivity index (χ3n) is 1.70. The highest BCUT2D eigenvalue weighted by atomic mass is 127. The minimum absolute atomic E-state index is 0.223. The van der Waals surface area contributed by atoms with Crippen LogP contribution < -0.4 is 0 Å². The third-order valence-corrected chi connectivity index (χ3v) is 5.00. The molecule has 1 heterocycles. The zero-order valence-electron chi connectivity index (χ0n) is 6.13. The number of sulfonamides is 1. The molecule has 0 aromatic carbocycles. The van der Waals surface area contributed by atoms with Crippen LogP contribution in [0, 0.1) is 0 Å². The molecule has 0 saturated carbocycles. The number of nitrogens with zero attached hydrogens (tertiary/aromatic N) is 1. The first-order valence-electron chi connectivity index (χ1n) is 3.42. The molecule has 0 aromatic heterocycles. The average Bonchev–Trinajstić information content (AvgIpc) is 2.34. The van der Waals surface area contributed by atoms with E-state index in [1.54, 1.807) is 0 Å². The van der Waals surface area contributed by atoms with Crippen molar-refractivity contribution >= 4 is 32.6 Å². The summed E-state index contributed by atoms with van der Waals surface area (Å²) in [6.45, 7) is 0.446. The SMILES string of the molecule is O=S(=O)(N1CCCC1)C(F)(F)I. The van der Waals surface area contributed by atoms with E-state index in [0.29, 0.717) is 35.4 Å². The molecule has 0 aromatic rings. The summed E-state index contributed by atoms with van der Waals surface area (Å²) in [6, 6.07) is 0. The molecule has 0 amide bonds. The van der Waals surface area contributed by atoms with Gasteiger partial charge in [0.25, 0.3) is 10.0 Å². The smallest absolute Gasteiger partial charge is 0.205 e. The topological polar surface area (TPSA) is 37.4 Å². The van der Waals surface area contributed by atoms with Crippen molar-refractivity contribution in [2.45, 2.75) is 16.1 Å². The Hall–Kier alpha value is 0.500. The molecule has 0 radical (unpaired) electrons. The number of rotatable bonds is 2. The van der Waals surface area contributed by atoms with Crippen molar-refractivity contribution in [3.63, 3.8) is 0 Å². The lowest BCUT2D eigenvalue weighted by Crippen LogP contribution is -2.37. The van der Waals surface area contributed by atoms with E-state index in [4.69, 9.17) is 0 Å². The summed E-state index contributed by atoms with van der Waals surface area (Å²) in [5.74, 6) is 0. The summed E-state index contributed by atoms with van der Waals surface area (Å²) in [6.07, 6.45) is 1.35. The Morgan fingerprint density at radius 1 is 1.25 bits per heavy atom. The van der Waals surface area contributed by atoms with Gasteiger partial charge < -0.3 is 0 Å². The number of halogens is 3. The minimum Gasteiger partial charge on any atom is -0.205 e. The summed E-state index contributed by atoms with van der Waals surface area (Å²) < 4.78 is 44.2. The van der Waals surface area contributed by atoms with Crippen LogP contribution in [0.15, 0.2) is 0 Å². The molecule has 12 heavy (non-hydrogen) atoms. The van der Waals surface area contributed by atoms with Gasteiger partial charge in [0, 0.05) is 35.7 Å². The van der Waals surface area contributed by atoms with Crippen molar-refractivity contribution in [1.29, 1.82) is 0 Å². The highest BCUT2D eigenvalue weighted by molar-refractivity contribution is 14.1. The van der Waals surface area contributed by atoms with Gasteiger partial charge in [-0.2, -0.15) is 13.1 Å². The summed E-state index contributed by atoms with van der Waals surface area (Å²) in [5, 5.41) is 0. The van der Waals surface area contributed by atoms with E-state index >= 15 is 0 Å². The standard InChI is InChI=1S/C5H8F2INO2S/c6-5(7,8)12(10,11)9-3-1-2-4-9/h1-4H2. The van der Waals surface area contributed by atoms with Crippen molar-refractivity contribution in [2.24, 2.45) is 0 Å². The number of hydrogen-bond donors (Lipinski definition) is 0. The zero-order valence-corrected chi connectivity index (χ0v) is 9.11. The van der Waals surface area contributed by atoms with Crippen LogP contribution in [-0.2, 0) is 10.0 Å². The first kappa shape index (κ1) is 10.6. The predicted octanol–water partition coefficient (Wildman–Crippen LogP) is 1.40. The first-order valence-corrected chi connectivity index (χ1v) is 5.94. The van der Waals surface area contributed by atoms with Gasteiger partial charge in [-0.3, -0.25) is 0 Å². The molecule has 0 N–H and O–H groups in total. The van der Waals surface area contributed by atoms with Crippen LogP contribution in [0.2, 0.25) is 0 Å². The molecular weight excluding hydrogens is 303 g/mol. The van der Waals surface area contributed by atoms with E-state index in [2.05, 4.69) is 0 Å².